The van der Waals surface area contributed by atoms with Gasteiger partial charge in [0.15, 0.2) is 0 Å². The summed E-state index contributed by atoms with van der Waals surface area (Å²) in [6.45, 7) is 6.44. The summed E-state index contributed by atoms with van der Waals surface area (Å²) in [4.78, 5) is 18.1. The molecule has 0 spiro atoms. The van der Waals surface area contributed by atoms with Crippen LogP contribution in [0, 0.1) is 0 Å². The second-order valence-corrected chi connectivity index (χ2v) is 5.59. The number of carbonyl (C=O) groups is 1. The van der Waals surface area contributed by atoms with Gasteiger partial charge in [-0.25, -0.2) is 0 Å². The summed E-state index contributed by atoms with van der Waals surface area (Å²) >= 11 is 0. The van der Waals surface area contributed by atoms with E-state index in [1.54, 1.807) is 14.0 Å². The first-order valence-electron chi connectivity index (χ1n) is 7.74. The number of ether oxygens (including phenoxy) is 1. The molecule has 0 radical (unpaired) electrons. The maximum atomic E-state index is 11.8. The molecule has 1 fully saturated rings. The lowest BCUT2D eigenvalue weighted by Crippen LogP contribution is -2.37. The standard InChI is InChI=1S/C15H25N3O3/c1-5-15(6-2,20-4)14-16-13(21-17-14)12-9-7-8-10-18(12)11(3)19/h12H,5-10H2,1-4H3. The van der Waals surface area contributed by atoms with Crippen molar-refractivity contribution in [3.8, 4) is 0 Å². The van der Waals surface area contributed by atoms with Gasteiger partial charge in [0, 0.05) is 20.6 Å². The molecule has 2 rings (SSSR count). The molecule has 0 aliphatic carbocycles. The molecule has 1 amide bonds. The molecule has 1 saturated heterocycles. The van der Waals surface area contributed by atoms with Gasteiger partial charge < -0.3 is 14.2 Å². The van der Waals surface area contributed by atoms with Crippen molar-refractivity contribution in [3.63, 3.8) is 0 Å². The number of hydrogen-bond acceptors (Lipinski definition) is 5. The zero-order chi connectivity index (χ0) is 15.5. The largest absolute Gasteiger partial charge is 0.370 e. The predicted octanol–water partition coefficient (Wildman–Crippen LogP) is 2.80. The highest BCUT2D eigenvalue weighted by atomic mass is 16.5. The number of methoxy groups -OCH3 is 1. The van der Waals surface area contributed by atoms with Crippen LogP contribution in [0.5, 0.6) is 0 Å². The number of rotatable bonds is 5. The molecule has 118 valence electrons. The van der Waals surface area contributed by atoms with Crippen molar-refractivity contribution in [2.75, 3.05) is 13.7 Å². The van der Waals surface area contributed by atoms with E-state index in [0.717, 1.165) is 38.6 Å². The Morgan fingerprint density at radius 3 is 2.71 bits per heavy atom. The number of hydrogen-bond donors (Lipinski definition) is 0. The summed E-state index contributed by atoms with van der Waals surface area (Å²) in [6, 6.07) is -0.0965. The van der Waals surface area contributed by atoms with Gasteiger partial charge in [0.25, 0.3) is 0 Å². The number of aromatic nitrogens is 2. The van der Waals surface area contributed by atoms with Gasteiger partial charge in [-0.15, -0.1) is 0 Å². The molecule has 1 aliphatic rings. The third-order valence-electron chi connectivity index (χ3n) is 4.57. The van der Waals surface area contributed by atoms with Crippen LogP contribution in [0.15, 0.2) is 4.52 Å². The van der Waals surface area contributed by atoms with Gasteiger partial charge in [-0.3, -0.25) is 4.79 Å². The average Bonchev–Trinajstić information content (AvgIpc) is 3.00. The minimum Gasteiger partial charge on any atom is -0.370 e. The monoisotopic (exact) mass is 295 g/mol. The van der Waals surface area contributed by atoms with Crippen LogP contribution in [-0.4, -0.2) is 34.6 Å². The number of amides is 1. The van der Waals surface area contributed by atoms with E-state index >= 15 is 0 Å². The van der Waals surface area contributed by atoms with E-state index in [9.17, 15) is 4.79 Å². The third kappa shape index (κ3) is 2.95. The Hall–Kier alpha value is -1.43. The van der Waals surface area contributed by atoms with Gasteiger partial charge >= 0.3 is 0 Å². The summed E-state index contributed by atoms with van der Waals surface area (Å²) in [5.41, 5.74) is -0.503. The Labute approximate surface area is 125 Å². The van der Waals surface area contributed by atoms with Crippen LogP contribution in [0.2, 0.25) is 0 Å². The summed E-state index contributed by atoms with van der Waals surface area (Å²) in [6.07, 6.45) is 4.53. The number of piperidine rings is 1. The van der Waals surface area contributed by atoms with E-state index in [0.29, 0.717) is 11.7 Å². The molecule has 2 heterocycles. The minimum absolute atomic E-state index is 0.0587. The van der Waals surface area contributed by atoms with Gasteiger partial charge in [-0.1, -0.05) is 19.0 Å². The van der Waals surface area contributed by atoms with Gasteiger partial charge in [0.1, 0.15) is 11.6 Å². The van der Waals surface area contributed by atoms with E-state index < -0.39 is 5.60 Å². The number of nitrogens with zero attached hydrogens (tertiary/aromatic N) is 3. The smallest absolute Gasteiger partial charge is 0.249 e. The molecular formula is C15H25N3O3. The summed E-state index contributed by atoms with van der Waals surface area (Å²) < 4.78 is 11.1. The molecular weight excluding hydrogens is 270 g/mol. The molecule has 1 unspecified atom stereocenters. The minimum atomic E-state index is -0.503. The van der Waals surface area contributed by atoms with Crippen molar-refractivity contribution in [3.05, 3.63) is 11.7 Å². The average molecular weight is 295 g/mol. The maximum absolute atomic E-state index is 11.8. The normalized spacial score (nSPS) is 19.8. The van der Waals surface area contributed by atoms with Crippen LogP contribution in [0.25, 0.3) is 0 Å². The SMILES string of the molecule is CCC(CC)(OC)c1noc(C2CCCCN2C(C)=O)n1. The van der Waals surface area contributed by atoms with Gasteiger partial charge in [0.2, 0.25) is 17.6 Å². The third-order valence-corrected chi connectivity index (χ3v) is 4.57. The Balaban J connectivity index is 2.28. The van der Waals surface area contributed by atoms with Crippen molar-refractivity contribution < 1.29 is 14.1 Å². The first kappa shape index (κ1) is 15.9. The first-order valence-corrected chi connectivity index (χ1v) is 7.74. The molecule has 1 aliphatic heterocycles. The molecule has 0 saturated carbocycles. The fourth-order valence-electron chi connectivity index (χ4n) is 3.07. The van der Waals surface area contributed by atoms with E-state index in [1.165, 1.54) is 0 Å². The molecule has 1 aromatic heterocycles. The van der Waals surface area contributed by atoms with Crippen molar-refractivity contribution >= 4 is 5.91 Å². The van der Waals surface area contributed by atoms with Crippen LogP contribution in [0.3, 0.4) is 0 Å². The van der Waals surface area contributed by atoms with E-state index in [1.807, 2.05) is 18.7 Å². The Morgan fingerprint density at radius 2 is 2.14 bits per heavy atom. The number of likely N-dealkylation sites (tertiary alicyclic amines) is 1. The molecule has 1 aromatic rings. The Morgan fingerprint density at radius 1 is 1.43 bits per heavy atom. The van der Waals surface area contributed by atoms with Crippen molar-refractivity contribution in [2.24, 2.45) is 0 Å². The van der Waals surface area contributed by atoms with Gasteiger partial charge in [-0.05, 0) is 32.1 Å². The Bertz CT molecular complexity index is 474. The van der Waals surface area contributed by atoms with Gasteiger partial charge in [0.05, 0.1) is 0 Å². The van der Waals surface area contributed by atoms with Crippen LogP contribution in [0.1, 0.15) is 70.6 Å². The Kier molecular flexibility index (Phi) is 4.98. The topological polar surface area (TPSA) is 68.5 Å². The first-order chi connectivity index (χ1) is 10.1. The molecule has 6 heteroatoms. The van der Waals surface area contributed by atoms with Crippen molar-refractivity contribution in [2.45, 2.75) is 64.5 Å². The summed E-state index contributed by atoms with van der Waals surface area (Å²) in [5.74, 6) is 1.17. The zero-order valence-electron chi connectivity index (χ0n) is 13.4. The van der Waals surface area contributed by atoms with Crippen LogP contribution < -0.4 is 0 Å². The number of carbonyl (C=O) groups excluding carboxylic acids is 1. The molecule has 1 atom stereocenters. The summed E-state index contributed by atoms with van der Waals surface area (Å²) in [7, 11) is 1.67. The van der Waals surface area contributed by atoms with E-state index in [-0.39, 0.29) is 11.9 Å². The lowest BCUT2D eigenvalue weighted by atomic mass is 9.96. The van der Waals surface area contributed by atoms with Crippen molar-refractivity contribution in [1.29, 1.82) is 0 Å². The van der Waals surface area contributed by atoms with E-state index in [4.69, 9.17) is 9.26 Å². The fraction of sp³-hybridized carbons (Fsp3) is 0.800. The van der Waals surface area contributed by atoms with Crippen LogP contribution in [-0.2, 0) is 15.1 Å². The molecule has 6 nitrogen and oxygen atoms in total. The molecule has 0 N–H and O–H groups in total. The quantitative estimate of drug-likeness (QED) is 0.835. The highest BCUT2D eigenvalue weighted by Gasteiger charge is 2.36. The van der Waals surface area contributed by atoms with Crippen molar-refractivity contribution in [1.82, 2.24) is 15.0 Å². The predicted molar refractivity (Wildman–Crippen MR) is 77.5 cm³/mol. The second-order valence-electron chi connectivity index (χ2n) is 5.59. The highest BCUT2D eigenvalue weighted by molar-refractivity contribution is 5.73. The molecule has 0 aromatic carbocycles. The molecule has 0 bridgehead atoms. The van der Waals surface area contributed by atoms with Gasteiger partial charge in [-0.2, -0.15) is 4.98 Å². The fourth-order valence-corrected chi connectivity index (χ4v) is 3.07. The molecule has 21 heavy (non-hydrogen) atoms. The van der Waals surface area contributed by atoms with E-state index in [2.05, 4.69) is 10.1 Å². The lowest BCUT2D eigenvalue weighted by molar-refractivity contribution is -0.133. The van der Waals surface area contributed by atoms with Crippen LogP contribution >= 0.6 is 0 Å². The maximum Gasteiger partial charge on any atom is 0.249 e. The summed E-state index contributed by atoms with van der Waals surface area (Å²) in [5, 5.41) is 4.12. The van der Waals surface area contributed by atoms with Crippen LogP contribution in [0.4, 0.5) is 0 Å². The second kappa shape index (κ2) is 6.56. The lowest BCUT2D eigenvalue weighted by Gasteiger charge is -2.32. The zero-order valence-corrected chi connectivity index (χ0v) is 13.4. The highest BCUT2D eigenvalue weighted by Crippen LogP contribution is 2.34.